The molecular formula is C22H24N4O4S. The quantitative estimate of drug-likeness (QED) is 0.248. The summed E-state index contributed by atoms with van der Waals surface area (Å²) in [7, 11) is 0. The highest BCUT2D eigenvalue weighted by atomic mass is 32.1. The van der Waals surface area contributed by atoms with E-state index in [0.29, 0.717) is 28.5 Å². The summed E-state index contributed by atoms with van der Waals surface area (Å²) < 4.78 is 11.0. The smallest absolute Gasteiger partial charge is 0.353 e. The molecule has 0 aliphatic rings. The molecule has 31 heavy (non-hydrogen) atoms. The molecule has 8 nitrogen and oxygen atoms in total. The Balaban J connectivity index is 1.67. The summed E-state index contributed by atoms with van der Waals surface area (Å²) in [5.41, 5.74) is 4.09. The average Bonchev–Trinajstić information content (AvgIpc) is 3.42. The Hall–Kier alpha value is -3.46. The van der Waals surface area contributed by atoms with Crippen molar-refractivity contribution in [3.63, 3.8) is 0 Å². The number of hydrogen-bond acceptors (Lipinski definition) is 7. The van der Waals surface area contributed by atoms with Crippen molar-refractivity contribution < 1.29 is 19.1 Å². The maximum Gasteiger partial charge on any atom is 0.353 e. The zero-order valence-electron chi connectivity index (χ0n) is 17.8. The highest BCUT2D eigenvalue weighted by molar-refractivity contribution is 7.12. The number of carbonyl (C=O) groups is 2. The van der Waals surface area contributed by atoms with Crippen LogP contribution in [0.5, 0.6) is 11.5 Å². The van der Waals surface area contributed by atoms with Gasteiger partial charge in [-0.25, -0.2) is 10.2 Å². The largest absolute Gasteiger partial charge is 0.490 e. The first-order chi connectivity index (χ1) is 14.8. The number of nitrogens with one attached hydrogen (secondary N) is 2. The van der Waals surface area contributed by atoms with Crippen molar-refractivity contribution in [3.05, 3.63) is 63.6 Å². The van der Waals surface area contributed by atoms with E-state index in [0.717, 1.165) is 5.69 Å². The molecule has 0 saturated carbocycles. The normalized spacial score (nSPS) is 11.5. The van der Waals surface area contributed by atoms with Crippen LogP contribution in [0.25, 0.3) is 0 Å². The molecule has 0 spiro atoms. The zero-order chi connectivity index (χ0) is 22.4. The number of carbonyl (C=O) groups excluding carboxylic acids is 2. The number of hydrogen-bond donors (Lipinski definition) is 2. The summed E-state index contributed by atoms with van der Waals surface area (Å²) in [6, 6.07) is 10.2. The lowest BCUT2D eigenvalue weighted by Gasteiger charge is -2.14. The fraction of sp³-hybridized carbons (Fsp3) is 0.273. The molecule has 0 unspecified atom stereocenters. The summed E-state index contributed by atoms with van der Waals surface area (Å²) in [4.78, 5) is 25.0. The van der Waals surface area contributed by atoms with Crippen molar-refractivity contribution in [2.75, 3.05) is 6.61 Å². The van der Waals surface area contributed by atoms with Crippen molar-refractivity contribution in [1.29, 1.82) is 0 Å². The SMILES string of the molecule is CCOc1cc(/C=N/NC(=O)c2cc(C(C)(C)C)[nH]n2)ccc1OC(=O)c1cccs1. The van der Waals surface area contributed by atoms with Crippen LogP contribution in [-0.4, -0.2) is 34.9 Å². The topological polar surface area (TPSA) is 106 Å². The van der Waals surface area contributed by atoms with Crippen molar-refractivity contribution >= 4 is 29.4 Å². The number of H-pyrrole nitrogens is 1. The Morgan fingerprint density at radius 3 is 2.68 bits per heavy atom. The molecule has 162 valence electrons. The number of benzene rings is 1. The van der Waals surface area contributed by atoms with Gasteiger partial charge in [0.05, 0.1) is 12.8 Å². The Labute approximate surface area is 184 Å². The molecule has 0 atom stereocenters. The van der Waals surface area contributed by atoms with Crippen molar-refractivity contribution in [3.8, 4) is 11.5 Å². The number of amides is 1. The summed E-state index contributed by atoms with van der Waals surface area (Å²) in [5.74, 6) is -0.148. The minimum atomic E-state index is -0.446. The van der Waals surface area contributed by atoms with Gasteiger partial charge in [0.1, 0.15) is 4.88 Å². The van der Waals surface area contributed by atoms with E-state index in [-0.39, 0.29) is 11.1 Å². The summed E-state index contributed by atoms with van der Waals surface area (Å²) in [6.07, 6.45) is 1.47. The molecule has 0 radical (unpaired) electrons. The van der Waals surface area contributed by atoms with Crippen LogP contribution in [0.1, 0.15) is 59.1 Å². The van der Waals surface area contributed by atoms with Gasteiger partial charge in [-0.3, -0.25) is 9.89 Å². The van der Waals surface area contributed by atoms with E-state index in [1.807, 2.05) is 27.7 Å². The molecule has 3 rings (SSSR count). The molecule has 3 aromatic rings. The van der Waals surface area contributed by atoms with Gasteiger partial charge >= 0.3 is 5.97 Å². The average molecular weight is 441 g/mol. The standard InChI is InChI=1S/C22H24N4O4S/c1-5-29-17-11-14(8-9-16(17)30-21(28)18-7-6-10-31-18)13-23-26-20(27)15-12-19(25-24-15)22(2,3)4/h6-13H,5H2,1-4H3,(H,24,25)(H,26,27)/b23-13+. The van der Waals surface area contributed by atoms with E-state index in [2.05, 4.69) is 20.7 Å². The van der Waals surface area contributed by atoms with Gasteiger partial charge in [-0.05, 0) is 48.2 Å². The van der Waals surface area contributed by atoms with Crippen LogP contribution < -0.4 is 14.9 Å². The monoisotopic (exact) mass is 440 g/mol. The maximum atomic E-state index is 12.2. The first-order valence-corrected chi connectivity index (χ1v) is 10.6. The molecule has 2 aromatic heterocycles. The molecule has 0 aliphatic heterocycles. The molecule has 2 N–H and O–H groups in total. The Morgan fingerprint density at radius 2 is 2.03 bits per heavy atom. The highest BCUT2D eigenvalue weighted by Gasteiger charge is 2.19. The van der Waals surface area contributed by atoms with Gasteiger partial charge in [-0.15, -0.1) is 11.3 Å². The Kier molecular flexibility index (Phi) is 6.86. The minimum absolute atomic E-state index is 0.140. The van der Waals surface area contributed by atoms with Gasteiger partial charge in [-0.2, -0.15) is 10.2 Å². The first kappa shape index (κ1) is 22.2. The number of ether oxygens (including phenoxy) is 2. The molecular weight excluding hydrogens is 416 g/mol. The number of esters is 1. The number of thiophene rings is 1. The van der Waals surface area contributed by atoms with Crippen LogP contribution in [0.2, 0.25) is 0 Å². The van der Waals surface area contributed by atoms with Gasteiger partial charge in [0.15, 0.2) is 17.2 Å². The molecule has 0 fully saturated rings. The molecule has 0 aliphatic carbocycles. The summed E-state index contributed by atoms with van der Waals surface area (Å²) in [5, 5.41) is 12.7. The second-order valence-corrected chi connectivity index (χ2v) is 8.57. The molecule has 0 bridgehead atoms. The number of hydrazone groups is 1. The van der Waals surface area contributed by atoms with Crippen LogP contribution in [0, 0.1) is 0 Å². The molecule has 9 heteroatoms. The first-order valence-electron chi connectivity index (χ1n) is 9.69. The van der Waals surface area contributed by atoms with Crippen LogP contribution >= 0.6 is 11.3 Å². The maximum absolute atomic E-state index is 12.2. The van der Waals surface area contributed by atoms with Gasteiger partial charge in [0.2, 0.25) is 0 Å². The number of aromatic nitrogens is 2. The molecule has 2 heterocycles. The van der Waals surface area contributed by atoms with Crippen molar-refractivity contribution in [2.45, 2.75) is 33.1 Å². The fourth-order valence-electron chi connectivity index (χ4n) is 2.55. The van der Waals surface area contributed by atoms with E-state index >= 15 is 0 Å². The van der Waals surface area contributed by atoms with Crippen molar-refractivity contribution in [2.24, 2.45) is 5.10 Å². The highest BCUT2D eigenvalue weighted by Crippen LogP contribution is 2.29. The van der Waals surface area contributed by atoms with Gasteiger partial charge in [0, 0.05) is 11.1 Å². The van der Waals surface area contributed by atoms with Gasteiger partial charge in [0.25, 0.3) is 5.91 Å². The second-order valence-electron chi connectivity index (χ2n) is 7.62. The van der Waals surface area contributed by atoms with E-state index in [1.165, 1.54) is 17.6 Å². The number of nitrogens with zero attached hydrogens (tertiary/aromatic N) is 2. The summed E-state index contributed by atoms with van der Waals surface area (Å²) in [6.45, 7) is 8.31. The number of rotatable bonds is 7. The third kappa shape index (κ3) is 5.79. The number of aromatic amines is 1. The lowest BCUT2D eigenvalue weighted by molar-refractivity contribution is 0.0733. The lowest BCUT2D eigenvalue weighted by atomic mass is 9.92. The second kappa shape index (κ2) is 9.57. The third-order valence-corrected chi connectivity index (χ3v) is 5.04. The predicted octanol–water partition coefficient (Wildman–Crippen LogP) is 4.15. The van der Waals surface area contributed by atoms with Gasteiger partial charge in [-0.1, -0.05) is 26.8 Å². The summed E-state index contributed by atoms with van der Waals surface area (Å²) >= 11 is 1.30. The van der Waals surface area contributed by atoms with Crippen LogP contribution in [-0.2, 0) is 5.41 Å². The predicted molar refractivity (Wildman–Crippen MR) is 119 cm³/mol. The lowest BCUT2D eigenvalue weighted by Crippen LogP contribution is -2.18. The molecule has 0 saturated heterocycles. The van der Waals surface area contributed by atoms with E-state index < -0.39 is 11.9 Å². The Bertz CT molecular complexity index is 1080. The van der Waals surface area contributed by atoms with E-state index in [9.17, 15) is 9.59 Å². The van der Waals surface area contributed by atoms with Crippen LogP contribution in [0.4, 0.5) is 0 Å². The van der Waals surface area contributed by atoms with Gasteiger partial charge < -0.3 is 9.47 Å². The van der Waals surface area contributed by atoms with Crippen LogP contribution in [0.15, 0.2) is 46.9 Å². The molecule has 1 aromatic carbocycles. The Morgan fingerprint density at radius 1 is 1.23 bits per heavy atom. The third-order valence-electron chi connectivity index (χ3n) is 4.19. The van der Waals surface area contributed by atoms with Crippen LogP contribution in [0.3, 0.4) is 0 Å². The molecule has 1 amide bonds. The zero-order valence-corrected chi connectivity index (χ0v) is 18.6. The van der Waals surface area contributed by atoms with E-state index in [4.69, 9.17) is 9.47 Å². The fourth-order valence-corrected chi connectivity index (χ4v) is 3.15. The van der Waals surface area contributed by atoms with E-state index in [1.54, 1.807) is 41.8 Å². The minimum Gasteiger partial charge on any atom is -0.490 e. The van der Waals surface area contributed by atoms with Crippen molar-refractivity contribution in [1.82, 2.24) is 15.6 Å².